The Morgan fingerprint density at radius 1 is 1.37 bits per heavy atom. The van der Waals surface area contributed by atoms with Gasteiger partial charge in [-0.3, -0.25) is 4.79 Å². The topological polar surface area (TPSA) is 86.7 Å². The van der Waals surface area contributed by atoms with Crippen molar-refractivity contribution in [2.45, 2.75) is 39.0 Å². The Morgan fingerprint density at radius 2 is 1.95 bits per heavy atom. The summed E-state index contributed by atoms with van der Waals surface area (Å²) >= 11 is 0. The summed E-state index contributed by atoms with van der Waals surface area (Å²) in [5.74, 6) is -1.23. The van der Waals surface area contributed by atoms with Crippen LogP contribution in [-0.4, -0.2) is 43.4 Å². The summed E-state index contributed by atoms with van der Waals surface area (Å²) in [6, 6.07) is 0. The molecule has 1 saturated carbocycles. The van der Waals surface area contributed by atoms with Crippen LogP contribution in [0.2, 0.25) is 0 Å². The predicted molar refractivity (Wildman–Crippen MR) is 70.8 cm³/mol. The maximum atomic E-state index is 12.1. The lowest BCUT2D eigenvalue weighted by atomic mass is 9.71. The van der Waals surface area contributed by atoms with E-state index in [2.05, 4.69) is 11.6 Å². The number of carboxylic acid groups (broad SMARTS) is 1. The van der Waals surface area contributed by atoms with Crippen LogP contribution in [0.15, 0.2) is 0 Å². The van der Waals surface area contributed by atoms with E-state index in [1.807, 2.05) is 0 Å². The molecule has 1 aliphatic heterocycles. The molecule has 0 spiro atoms. The van der Waals surface area contributed by atoms with Crippen LogP contribution < -0.4 is 4.72 Å². The second kappa shape index (κ2) is 5.38. The molecule has 0 radical (unpaired) electrons. The van der Waals surface area contributed by atoms with Crippen LogP contribution in [0.25, 0.3) is 0 Å². The van der Waals surface area contributed by atoms with Crippen LogP contribution in [0.3, 0.4) is 0 Å². The van der Waals surface area contributed by atoms with Crippen LogP contribution in [0, 0.1) is 11.3 Å². The van der Waals surface area contributed by atoms with Crippen molar-refractivity contribution in [3.8, 4) is 0 Å². The van der Waals surface area contributed by atoms with Crippen LogP contribution in [0.1, 0.15) is 39.0 Å². The van der Waals surface area contributed by atoms with E-state index in [4.69, 9.17) is 5.11 Å². The first kappa shape index (κ1) is 14.7. The SMILES string of the molecule is CC1(CNS(=O)(=O)N2CCC(C(=O)O)CC2)CCC1. The van der Waals surface area contributed by atoms with Gasteiger partial charge in [0.05, 0.1) is 5.92 Å². The van der Waals surface area contributed by atoms with Crippen LogP contribution in [0.5, 0.6) is 0 Å². The van der Waals surface area contributed by atoms with Crippen molar-refractivity contribution in [3.05, 3.63) is 0 Å². The van der Waals surface area contributed by atoms with Crippen LogP contribution >= 0.6 is 0 Å². The van der Waals surface area contributed by atoms with E-state index in [0.717, 1.165) is 12.8 Å². The third kappa shape index (κ3) is 3.46. The van der Waals surface area contributed by atoms with Gasteiger partial charge in [-0.2, -0.15) is 12.7 Å². The fourth-order valence-electron chi connectivity index (χ4n) is 2.66. The molecule has 19 heavy (non-hydrogen) atoms. The highest BCUT2D eigenvalue weighted by Crippen LogP contribution is 2.39. The summed E-state index contributed by atoms with van der Waals surface area (Å²) in [7, 11) is -3.45. The lowest BCUT2D eigenvalue weighted by Gasteiger charge is -2.39. The molecule has 1 aliphatic carbocycles. The molecule has 0 amide bonds. The summed E-state index contributed by atoms with van der Waals surface area (Å²) in [6.45, 7) is 3.16. The van der Waals surface area contributed by atoms with Gasteiger partial charge in [0.15, 0.2) is 0 Å². The highest BCUT2D eigenvalue weighted by Gasteiger charge is 2.35. The molecule has 2 aliphatic rings. The number of nitrogens with zero attached hydrogens (tertiary/aromatic N) is 1. The van der Waals surface area contributed by atoms with E-state index in [1.54, 1.807) is 0 Å². The first-order valence-corrected chi connectivity index (χ1v) is 8.24. The molecule has 2 N–H and O–H groups in total. The standard InChI is InChI=1S/C12H22N2O4S/c1-12(5-2-6-12)9-13-19(17,18)14-7-3-10(4-8-14)11(15)16/h10,13H,2-9H2,1H3,(H,15,16). The summed E-state index contributed by atoms with van der Waals surface area (Å²) in [4.78, 5) is 10.8. The van der Waals surface area contributed by atoms with Crippen molar-refractivity contribution in [1.29, 1.82) is 0 Å². The molecule has 0 aromatic rings. The minimum Gasteiger partial charge on any atom is -0.481 e. The second-order valence-corrected chi connectivity index (χ2v) is 7.76. The molecule has 0 aromatic carbocycles. The average molecular weight is 290 g/mol. The van der Waals surface area contributed by atoms with Gasteiger partial charge in [0.2, 0.25) is 0 Å². The largest absolute Gasteiger partial charge is 0.481 e. The van der Waals surface area contributed by atoms with Crippen molar-refractivity contribution in [3.63, 3.8) is 0 Å². The third-order valence-corrected chi connectivity index (χ3v) is 5.94. The van der Waals surface area contributed by atoms with Gasteiger partial charge in [0.25, 0.3) is 10.2 Å². The van der Waals surface area contributed by atoms with E-state index in [-0.39, 0.29) is 5.41 Å². The maximum absolute atomic E-state index is 12.1. The van der Waals surface area contributed by atoms with E-state index >= 15 is 0 Å². The number of carbonyl (C=O) groups is 1. The molecule has 0 aromatic heterocycles. The van der Waals surface area contributed by atoms with Crippen molar-refractivity contribution in [2.75, 3.05) is 19.6 Å². The fraction of sp³-hybridized carbons (Fsp3) is 0.917. The molecule has 0 atom stereocenters. The number of hydrogen-bond acceptors (Lipinski definition) is 3. The Labute approximate surface area is 114 Å². The van der Waals surface area contributed by atoms with Gasteiger partial charge in [0.1, 0.15) is 0 Å². The normalized spacial score (nSPS) is 24.9. The van der Waals surface area contributed by atoms with Crippen molar-refractivity contribution >= 4 is 16.2 Å². The molecule has 0 unspecified atom stereocenters. The minimum atomic E-state index is -3.45. The zero-order valence-electron chi connectivity index (χ0n) is 11.3. The molecule has 2 fully saturated rings. The van der Waals surface area contributed by atoms with Gasteiger partial charge in [0, 0.05) is 19.6 Å². The number of piperidine rings is 1. The number of nitrogens with one attached hydrogen (secondary N) is 1. The third-order valence-electron chi connectivity index (χ3n) is 4.39. The van der Waals surface area contributed by atoms with E-state index in [1.165, 1.54) is 10.7 Å². The Kier molecular flexibility index (Phi) is 4.17. The molecule has 6 nitrogen and oxygen atoms in total. The van der Waals surface area contributed by atoms with Gasteiger partial charge >= 0.3 is 5.97 Å². The van der Waals surface area contributed by atoms with Gasteiger partial charge in [-0.15, -0.1) is 0 Å². The first-order valence-electron chi connectivity index (χ1n) is 6.80. The zero-order chi connectivity index (χ0) is 14.1. The van der Waals surface area contributed by atoms with E-state index in [0.29, 0.717) is 32.5 Å². The second-order valence-electron chi connectivity index (χ2n) is 6.00. The summed E-state index contributed by atoms with van der Waals surface area (Å²) in [6.07, 6.45) is 4.09. The quantitative estimate of drug-likeness (QED) is 0.784. The monoisotopic (exact) mass is 290 g/mol. The lowest BCUT2D eigenvalue weighted by Crippen LogP contribution is -2.49. The Morgan fingerprint density at radius 3 is 2.37 bits per heavy atom. The molecular weight excluding hydrogens is 268 g/mol. The Bertz CT molecular complexity index is 437. The zero-order valence-corrected chi connectivity index (χ0v) is 12.1. The molecule has 110 valence electrons. The summed E-state index contributed by atoms with van der Waals surface area (Å²) < 4.78 is 28.3. The summed E-state index contributed by atoms with van der Waals surface area (Å²) in [5, 5.41) is 8.89. The van der Waals surface area contributed by atoms with Gasteiger partial charge < -0.3 is 5.11 Å². The smallest absolute Gasteiger partial charge is 0.306 e. The first-order chi connectivity index (χ1) is 8.82. The highest BCUT2D eigenvalue weighted by molar-refractivity contribution is 7.87. The van der Waals surface area contributed by atoms with E-state index < -0.39 is 22.1 Å². The minimum absolute atomic E-state index is 0.104. The molecule has 7 heteroatoms. The van der Waals surface area contributed by atoms with Gasteiger partial charge in [-0.25, -0.2) is 4.72 Å². The fourth-order valence-corrected chi connectivity index (χ4v) is 4.06. The highest BCUT2D eigenvalue weighted by atomic mass is 32.2. The lowest BCUT2D eigenvalue weighted by molar-refractivity contribution is -0.142. The van der Waals surface area contributed by atoms with Crippen molar-refractivity contribution in [2.24, 2.45) is 11.3 Å². The summed E-state index contributed by atoms with van der Waals surface area (Å²) in [5.41, 5.74) is 0.104. The molecular formula is C12H22N2O4S. The Balaban J connectivity index is 1.85. The molecule has 0 bridgehead atoms. The molecule has 2 rings (SSSR count). The number of hydrogen-bond donors (Lipinski definition) is 2. The number of aliphatic carboxylic acids is 1. The van der Waals surface area contributed by atoms with Gasteiger partial charge in [-0.05, 0) is 31.1 Å². The predicted octanol–water partition coefficient (Wildman–Crippen LogP) is 0.808. The molecule has 1 saturated heterocycles. The van der Waals surface area contributed by atoms with E-state index in [9.17, 15) is 13.2 Å². The van der Waals surface area contributed by atoms with Crippen LogP contribution in [0.4, 0.5) is 0 Å². The van der Waals surface area contributed by atoms with Crippen molar-refractivity contribution in [1.82, 2.24) is 9.03 Å². The molecule has 1 heterocycles. The maximum Gasteiger partial charge on any atom is 0.306 e. The number of carboxylic acids is 1. The van der Waals surface area contributed by atoms with Gasteiger partial charge in [-0.1, -0.05) is 13.3 Å². The van der Waals surface area contributed by atoms with Crippen LogP contribution in [-0.2, 0) is 15.0 Å². The van der Waals surface area contributed by atoms with Crippen molar-refractivity contribution < 1.29 is 18.3 Å². The number of rotatable bonds is 5. The average Bonchev–Trinajstić information content (AvgIpc) is 2.34. The Hall–Kier alpha value is -0.660.